The van der Waals surface area contributed by atoms with Gasteiger partial charge in [-0.25, -0.2) is 4.99 Å². The summed E-state index contributed by atoms with van der Waals surface area (Å²) in [5, 5.41) is 6.98. The topological polar surface area (TPSA) is 76.4 Å². The van der Waals surface area contributed by atoms with Crippen molar-refractivity contribution in [1.82, 2.24) is 5.16 Å². The molecule has 0 bridgehead atoms. The summed E-state index contributed by atoms with van der Waals surface area (Å²) in [6, 6.07) is 11.6. The van der Waals surface area contributed by atoms with Gasteiger partial charge < -0.3 is 15.6 Å². The van der Waals surface area contributed by atoms with Gasteiger partial charge in [0.2, 0.25) is 0 Å². The first-order valence-electron chi connectivity index (χ1n) is 6.22. The lowest BCUT2D eigenvalue weighted by Gasteiger charge is -2.03. The van der Waals surface area contributed by atoms with Crippen LogP contribution in [0.25, 0.3) is 0 Å². The number of benzene rings is 1. The van der Waals surface area contributed by atoms with Crippen LogP contribution in [0.5, 0.6) is 0 Å². The molecule has 100 valence electrons. The van der Waals surface area contributed by atoms with Crippen LogP contribution in [-0.2, 0) is 6.54 Å². The first-order valence-corrected chi connectivity index (χ1v) is 6.22. The third-order valence-corrected chi connectivity index (χ3v) is 2.62. The molecule has 2 aromatic rings. The molecule has 19 heavy (non-hydrogen) atoms. The van der Waals surface area contributed by atoms with Crippen LogP contribution in [0, 0.1) is 0 Å². The van der Waals surface area contributed by atoms with E-state index in [1.165, 1.54) is 0 Å². The van der Waals surface area contributed by atoms with Gasteiger partial charge in [-0.3, -0.25) is 0 Å². The van der Waals surface area contributed by atoms with E-state index in [1.54, 1.807) is 0 Å². The number of hydrogen-bond acceptors (Lipinski definition) is 3. The van der Waals surface area contributed by atoms with Crippen molar-refractivity contribution in [2.24, 2.45) is 10.7 Å². The zero-order valence-corrected chi connectivity index (χ0v) is 11.1. The molecule has 3 N–H and O–H groups in total. The van der Waals surface area contributed by atoms with E-state index < -0.39 is 0 Å². The van der Waals surface area contributed by atoms with Gasteiger partial charge in [-0.1, -0.05) is 37.2 Å². The number of aliphatic imine (C=N–C) groups is 1. The van der Waals surface area contributed by atoms with E-state index in [0.717, 1.165) is 11.4 Å². The normalized spacial score (nSPS) is 11.8. The van der Waals surface area contributed by atoms with Gasteiger partial charge in [-0.2, -0.15) is 0 Å². The smallest absolute Gasteiger partial charge is 0.193 e. The Kier molecular flexibility index (Phi) is 4.18. The van der Waals surface area contributed by atoms with Crippen molar-refractivity contribution in [3.63, 3.8) is 0 Å². The van der Waals surface area contributed by atoms with Crippen LogP contribution in [-0.4, -0.2) is 11.1 Å². The Morgan fingerprint density at radius 1 is 1.37 bits per heavy atom. The van der Waals surface area contributed by atoms with Crippen LogP contribution in [0.2, 0.25) is 0 Å². The Bertz CT molecular complexity index is 546. The molecule has 0 amide bonds. The van der Waals surface area contributed by atoms with Gasteiger partial charge in [-0.15, -0.1) is 0 Å². The van der Waals surface area contributed by atoms with Crippen LogP contribution < -0.4 is 11.1 Å². The molecule has 1 aromatic carbocycles. The average molecular weight is 258 g/mol. The highest BCUT2D eigenvalue weighted by Gasteiger charge is 2.06. The molecular weight excluding hydrogens is 240 g/mol. The van der Waals surface area contributed by atoms with E-state index in [0.29, 0.717) is 24.2 Å². The number of rotatable bonds is 4. The Hall–Kier alpha value is -2.30. The summed E-state index contributed by atoms with van der Waals surface area (Å²) in [6.45, 7) is 4.51. The predicted molar refractivity (Wildman–Crippen MR) is 76.0 cm³/mol. The minimum atomic E-state index is 0.348. The Morgan fingerprint density at radius 3 is 2.74 bits per heavy atom. The van der Waals surface area contributed by atoms with E-state index in [-0.39, 0.29) is 0 Å². The molecule has 1 heterocycles. The highest BCUT2D eigenvalue weighted by atomic mass is 16.5. The molecule has 5 heteroatoms. The number of nitrogens with zero attached hydrogens (tertiary/aromatic N) is 2. The van der Waals surface area contributed by atoms with Crippen LogP contribution in [0.15, 0.2) is 45.9 Å². The fraction of sp³-hybridized carbons (Fsp3) is 0.286. The summed E-state index contributed by atoms with van der Waals surface area (Å²) < 4.78 is 5.19. The van der Waals surface area contributed by atoms with Gasteiger partial charge in [0, 0.05) is 11.8 Å². The molecule has 2 rings (SSSR count). The van der Waals surface area contributed by atoms with Crippen molar-refractivity contribution in [3.8, 4) is 0 Å². The number of nitrogens with two attached hydrogens (primary N) is 1. The Labute approximate surface area is 112 Å². The minimum Gasteiger partial charge on any atom is -0.370 e. The van der Waals surface area contributed by atoms with Gasteiger partial charge >= 0.3 is 0 Å². The summed E-state index contributed by atoms with van der Waals surface area (Å²) in [5.74, 6) is 1.41. The number of para-hydroxylation sites is 1. The molecule has 0 aliphatic rings. The maximum atomic E-state index is 5.80. The van der Waals surface area contributed by atoms with Crippen LogP contribution in [0.1, 0.15) is 31.2 Å². The molecule has 0 aliphatic heterocycles. The summed E-state index contributed by atoms with van der Waals surface area (Å²) in [4.78, 5) is 4.21. The largest absolute Gasteiger partial charge is 0.370 e. The van der Waals surface area contributed by atoms with Crippen molar-refractivity contribution in [3.05, 3.63) is 47.9 Å². The highest BCUT2D eigenvalue weighted by molar-refractivity contribution is 5.92. The summed E-state index contributed by atoms with van der Waals surface area (Å²) >= 11 is 0. The molecule has 0 saturated carbocycles. The lowest BCUT2D eigenvalue weighted by Crippen LogP contribution is -2.22. The zero-order valence-electron chi connectivity index (χ0n) is 11.1. The van der Waals surface area contributed by atoms with Crippen molar-refractivity contribution < 1.29 is 4.52 Å². The number of hydrogen-bond donors (Lipinski definition) is 2. The SMILES string of the molecule is CC(C)c1cc(CN=C(N)Nc2ccccc2)on1. The molecular formula is C14H18N4O. The molecule has 0 radical (unpaired) electrons. The van der Waals surface area contributed by atoms with Gasteiger partial charge in [0.05, 0.1) is 5.69 Å². The summed E-state index contributed by atoms with van der Waals surface area (Å²) in [6.07, 6.45) is 0. The van der Waals surface area contributed by atoms with Gasteiger partial charge in [0.1, 0.15) is 6.54 Å². The molecule has 0 atom stereocenters. The van der Waals surface area contributed by atoms with E-state index >= 15 is 0 Å². The van der Waals surface area contributed by atoms with Crippen molar-refractivity contribution >= 4 is 11.6 Å². The average Bonchev–Trinajstić information content (AvgIpc) is 2.86. The third kappa shape index (κ3) is 3.84. The van der Waals surface area contributed by atoms with Gasteiger partial charge in [0.15, 0.2) is 11.7 Å². The van der Waals surface area contributed by atoms with Crippen LogP contribution >= 0.6 is 0 Å². The lowest BCUT2D eigenvalue weighted by atomic mass is 10.1. The maximum absolute atomic E-state index is 5.80. The summed E-state index contributed by atoms with van der Waals surface area (Å²) in [5.41, 5.74) is 7.63. The van der Waals surface area contributed by atoms with Crippen molar-refractivity contribution in [1.29, 1.82) is 0 Å². The molecule has 0 spiro atoms. The van der Waals surface area contributed by atoms with Crippen molar-refractivity contribution in [2.45, 2.75) is 26.3 Å². The second-order valence-electron chi connectivity index (χ2n) is 4.57. The third-order valence-electron chi connectivity index (χ3n) is 2.62. The second kappa shape index (κ2) is 6.04. The van der Waals surface area contributed by atoms with Gasteiger partial charge in [-0.05, 0) is 18.1 Å². The van der Waals surface area contributed by atoms with Crippen molar-refractivity contribution in [2.75, 3.05) is 5.32 Å². The first kappa shape index (κ1) is 13.1. The predicted octanol–water partition coefficient (Wildman–Crippen LogP) is 2.72. The number of aromatic nitrogens is 1. The second-order valence-corrected chi connectivity index (χ2v) is 4.57. The molecule has 5 nitrogen and oxygen atoms in total. The molecule has 0 fully saturated rings. The zero-order chi connectivity index (χ0) is 13.7. The quantitative estimate of drug-likeness (QED) is 0.653. The fourth-order valence-corrected chi connectivity index (χ4v) is 1.55. The molecule has 0 unspecified atom stereocenters. The van der Waals surface area contributed by atoms with Gasteiger partial charge in [0.25, 0.3) is 0 Å². The van der Waals surface area contributed by atoms with E-state index in [4.69, 9.17) is 10.3 Å². The Balaban J connectivity index is 1.94. The monoisotopic (exact) mass is 258 g/mol. The van der Waals surface area contributed by atoms with Crippen LogP contribution in [0.4, 0.5) is 5.69 Å². The molecule has 0 aliphatic carbocycles. The first-order chi connectivity index (χ1) is 9.15. The molecule has 1 aromatic heterocycles. The number of nitrogens with one attached hydrogen (secondary N) is 1. The van der Waals surface area contributed by atoms with E-state index in [1.807, 2.05) is 36.4 Å². The standard InChI is InChI=1S/C14H18N4O/c1-10(2)13-8-12(19-18-13)9-16-14(15)17-11-6-4-3-5-7-11/h3-8,10H,9H2,1-2H3,(H3,15,16,17). The van der Waals surface area contributed by atoms with E-state index in [2.05, 4.69) is 29.3 Å². The summed E-state index contributed by atoms with van der Waals surface area (Å²) in [7, 11) is 0. The Morgan fingerprint density at radius 2 is 2.11 bits per heavy atom. The minimum absolute atomic E-state index is 0.348. The van der Waals surface area contributed by atoms with E-state index in [9.17, 15) is 0 Å². The fourth-order valence-electron chi connectivity index (χ4n) is 1.55. The number of anilines is 1. The number of guanidine groups is 1. The lowest BCUT2D eigenvalue weighted by molar-refractivity contribution is 0.376. The van der Waals surface area contributed by atoms with Crippen LogP contribution in [0.3, 0.4) is 0 Å². The molecule has 0 saturated heterocycles. The highest BCUT2D eigenvalue weighted by Crippen LogP contribution is 2.14. The maximum Gasteiger partial charge on any atom is 0.193 e.